The van der Waals surface area contributed by atoms with E-state index in [0.717, 1.165) is 0 Å². The van der Waals surface area contributed by atoms with Gasteiger partial charge in [0.2, 0.25) is 5.91 Å². The molecule has 0 aromatic carbocycles. The van der Waals surface area contributed by atoms with Crippen LogP contribution in [0.15, 0.2) is 12.2 Å². The van der Waals surface area contributed by atoms with Crippen molar-refractivity contribution in [3.05, 3.63) is 12.2 Å². The maximum Gasteiger partial charge on any atom is 0.234 e. The van der Waals surface area contributed by atoms with Crippen LogP contribution in [0.4, 0.5) is 0 Å². The monoisotopic (exact) mass is 143 g/mol. The molecule has 50 valence electrons. The highest BCUT2D eigenvalue weighted by molar-refractivity contribution is 8.01. The van der Waals surface area contributed by atoms with Crippen LogP contribution in [0.1, 0.15) is 6.92 Å². The van der Waals surface area contributed by atoms with E-state index in [0.29, 0.717) is 5.25 Å². The van der Waals surface area contributed by atoms with E-state index in [1.54, 1.807) is 11.8 Å². The number of nitrogens with two attached hydrogens (primary N) is 1. The third-order valence-electron chi connectivity index (χ3n) is 1.20. The lowest BCUT2D eigenvalue weighted by Gasteiger charge is -2.01. The van der Waals surface area contributed by atoms with Gasteiger partial charge in [-0.3, -0.25) is 4.79 Å². The van der Waals surface area contributed by atoms with Crippen molar-refractivity contribution in [2.45, 2.75) is 17.4 Å². The van der Waals surface area contributed by atoms with Crippen molar-refractivity contribution in [2.75, 3.05) is 0 Å². The fourth-order valence-corrected chi connectivity index (χ4v) is 1.70. The molecular weight excluding hydrogens is 134 g/mol. The molecule has 1 rings (SSSR count). The third-order valence-corrected chi connectivity index (χ3v) is 2.47. The van der Waals surface area contributed by atoms with Gasteiger partial charge in [-0.25, -0.2) is 0 Å². The average Bonchev–Trinajstić information content (AvgIpc) is 2.14. The van der Waals surface area contributed by atoms with E-state index in [4.69, 9.17) is 5.73 Å². The van der Waals surface area contributed by atoms with Gasteiger partial charge in [-0.15, -0.1) is 11.8 Å². The number of hydrogen-bond acceptors (Lipinski definition) is 2. The minimum atomic E-state index is -0.236. The van der Waals surface area contributed by atoms with E-state index < -0.39 is 0 Å². The first-order valence-electron chi connectivity index (χ1n) is 2.83. The highest BCUT2D eigenvalue weighted by Gasteiger charge is 2.19. The second kappa shape index (κ2) is 2.43. The Morgan fingerprint density at radius 3 is 2.56 bits per heavy atom. The molecule has 1 aliphatic heterocycles. The predicted molar refractivity (Wildman–Crippen MR) is 39.2 cm³/mol. The molecule has 1 amide bonds. The summed E-state index contributed by atoms with van der Waals surface area (Å²) in [5.41, 5.74) is 5.05. The van der Waals surface area contributed by atoms with Crippen molar-refractivity contribution in [3.63, 3.8) is 0 Å². The summed E-state index contributed by atoms with van der Waals surface area (Å²) < 4.78 is 0. The molecule has 2 atom stereocenters. The highest BCUT2D eigenvalue weighted by Crippen LogP contribution is 2.25. The van der Waals surface area contributed by atoms with E-state index in [9.17, 15) is 4.79 Å². The fraction of sp³-hybridized carbons (Fsp3) is 0.500. The van der Waals surface area contributed by atoms with Crippen molar-refractivity contribution in [2.24, 2.45) is 5.73 Å². The maximum atomic E-state index is 10.5. The Bertz CT molecular complexity index is 155. The number of primary amides is 1. The number of carbonyl (C=O) groups is 1. The molecule has 0 aromatic heterocycles. The molecular formula is C6H9NOS. The Labute approximate surface area is 58.5 Å². The zero-order valence-corrected chi connectivity index (χ0v) is 6.02. The molecule has 0 saturated heterocycles. The summed E-state index contributed by atoms with van der Waals surface area (Å²) in [4.78, 5) is 10.5. The molecule has 2 unspecified atom stereocenters. The summed E-state index contributed by atoms with van der Waals surface area (Å²) in [6, 6.07) is 0. The molecule has 0 radical (unpaired) electrons. The smallest absolute Gasteiger partial charge is 0.234 e. The van der Waals surface area contributed by atoms with Crippen LogP contribution in [-0.4, -0.2) is 16.4 Å². The third kappa shape index (κ3) is 1.48. The van der Waals surface area contributed by atoms with Gasteiger partial charge in [0.1, 0.15) is 5.25 Å². The van der Waals surface area contributed by atoms with Gasteiger partial charge in [0.15, 0.2) is 0 Å². The van der Waals surface area contributed by atoms with Gasteiger partial charge >= 0.3 is 0 Å². The molecule has 0 aromatic rings. The first-order valence-corrected chi connectivity index (χ1v) is 3.77. The van der Waals surface area contributed by atoms with Gasteiger partial charge in [-0.2, -0.15) is 0 Å². The second-order valence-electron chi connectivity index (χ2n) is 2.05. The van der Waals surface area contributed by atoms with Gasteiger partial charge < -0.3 is 5.73 Å². The summed E-state index contributed by atoms with van der Waals surface area (Å²) in [7, 11) is 0. The minimum Gasteiger partial charge on any atom is -0.368 e. The Hall–Kier alpha value is -0.440. The Morgan fingerprint density at radius 2 is 2.33 bits per heavy atom. The first-order chi connectivity index (χ1) is 4.20. The van der Waals surface area contributed by atoms with Crippen LogP contribution in [0.5, 0.6) is 0 Å². The summed E-state index contributed by atoms with van der Waals surface area (Å²) in [5, 5.41) is 0.363. The van der Waals surface area contributed by atoms with E-state index in [1.807, 2.05) is 19.1 Å². The van der Waals surface area contributed by atoms with Gasteiger partial charge in [0.25, 0.3) is 0 Å². The SMILES string of the molecule is CC1C=CC(C(N)=O)S1. The molecule has 1 aliphatic rings. The van der Waals surface area contributed by atoms with Crippen LogP contribution < -0.4 is 5.73 Å². The number of hydrogen-bond donors (Lipinski definition) is 1. The molecule has 2 nitrogen and oxygen atoms in total. The van der Waals surface area contributed by atoms with Gasteiger partial charge in [0.05, 0.1) is 0 Å². The lowest BCUT2D eigenvalue weighted by Crippen LogP contribution is -2.22. The zero-order chi connectivity index (χ0) is 6.85. The summed E-state index contributed by atoms with van der Waals surface area (Å²) in [5.74, 6) is -0.236. The lowest BCUT2D eigenvalue weighted by molar-refractivity contribution is -0.116. The first kappa shape index (κ1) is 6.68. The fourth-order valence-electron chi connectivity index (χ4n) is 0.741. The summed E-state index contributed by atoms with van der Waals surface area (Å²) in [6.07, 6.45) is 3.86. The molecule has 0 aliphatic carbocycles. The molecule has 0 saturated carbocycles. The molecule has 3 heteroatoms. The van der Waals surface area contributed by atoms with Gasteiger partial charge in [0, 0.05) is 5.25 Å². The minimum absolute atomic E-state index is 0.0833. The Morgan fingerprint density at radius 1 is 1.67 bits per heavy atom. The Balaban J connectivity index is 2.50. The van der Waals surface area contributed by atoms with Crippen LogP contribution in [0.25, 0.3) is 0 Å². The van der Waals surface area contributed by atoms with Crippen LogP contribution in [-0.2, 0) is 4.79 Å². The zero-order valence-electron chi connectivity index (χ0n) is 5.20. The van der Waals surface area contributed by atoms with Crippen molar-refractivity contribution in [1.82, 2.24) is 0 Å². The molecule has 0 fully saturated rings. The molecule has 2 N–H and O–H groups in total. The van der Waals surface area contributed by atoms with Gasteiger partial charge in [-0.05, 0) is 6.92 Å². The predicted octanol–water partition coefficient (Wildman–Crippen LogP) is 0.532. The van der Waals surface area contributed by atoms with E-state index >= 15 is 0 Å². The van der Waals surface area contributed by atoms with Crippen LogP contribution in [0.2, 0.25) is 0 Å². The normalized spacial score (nSPS) is 33.0. The largest absolute Gasteiger partial charge is 0.368 e. The average molecular weight is 143 g/mol. The molecule has 0 bridgehead atoms. The van der Waals surface area contributed by atoms with Gasteiger partial charge in [-0.1, -0.05) is 12.2 Å². The number of amides is 1. The van der Waals surface area contributed by atoms with Crippen molar-refractivity contribution >= 4 is 17.7 Å². The maximum absolute atomic E-state index is 10.5. The van der Waals surface area contributed by atoms with E-state index in [-0.39, 0.29) is 11.2 Å². The topological polar surface area (TPSA) is 43.1 Å². The highest BCUT2D eigenvalue weighted by atomic mass is 32.2. The number of carbonyl (C=O) groups excluding carboxylic acids is 1. The molecule has 9 heavy (non-hydrogen) atoms. The molecule has 0 spiro atoms. The number of rotatable bonds is 1. The van der Waals surface area contributed by atoms with Crippen LogP contribution in [0.3, 0.4) is 0 Å². The second-order valence-corrected chi connectivity index (χ2v) is 3.57. The lowest BCUT2D eigenvalue weighted by atomic mass is 10.3. The number of thioether (sulfide) groups is 1. The van der Waals surface area contributed by atoms with Crippen molar-refractivity contribution in [3.8, 4) is 0 Å². The summed E-state index contributed by atoms with van der Waals surface area (Å²) >= 11 is 1.59. The van der Waals surface area contributed by atoms with E-state index in [1.165, 1.54) is 0 Å². The van der Waals surface area contributed by atoms with Crippen LogP contribution in [0, 0.1) is 0 Å². The molecule has 1 heterocycles. The van der Waals surface area contributed by atoms with Crippen LogP contribution >= 0.6 is 11.8 Å². The van der Waals surface area contributed by atoms with Crippen molar-refractivity contribution in [1.29, 1.82) is 0 Å². The Kier molecular flexibility index (Phi) is 1.81. The van der Waals surface area contributed by atoms with Crippen molar-refractivity contribution < 1.29 is 4.79 Å². The quantitative estimate of drug-likeness (QED) is 0.544. The summed E-state index contributed by atoms with van der Waals surface area (Å²) in [6.45, 7) is 2.05. The standard InChI is InChI=1S/C6H9NOS/c1-4-2-3-5(9-4)6(7)8/h2-5H,1H3,(H2,7,8). The van der Waals surface area contributed by atoms with E-state index in [2.05, 4.69) is 0 Å².